The van der Waals surface area contributed by atoms with Gasteiger partial charge in [0.05, 0.1) is 0 Å². The van der Waals surface area contributed by atoms with Crippen LogP contribution < -0.4 is 5.73 Å². The fourth-order valence-electron chi connectivity index (χ4n) is 2.26. The Labute approximate surface area is 74.5 Å². The van der Waals surface area contributed by atoms with Gasteiger partial charge in [-0.15, -0.1) is 0 Å². The van der Waals surface area contributed by atoms with Crippen LogP contribution in [-0.4, -0.2) is 27.9 Å². The monoisotopic (exact) mass is 172 g/mol. The Hall–Kier alpha value is -0.120. The predicted molar refractivity (Wildman–Crippen MR) is 48.9 cm³/mol. The summed E-state index contributed by atoms with van der Waals surface area (Å²) in [7, 11) is 0. The maximum Gasteiger partial charge on any atom is 0.0451 e. The van der Waals surface area contributed by atoms with E-state index >= 15 is 0 Å². The molecule has 1 unspecified atom stereocenters. The first-order valence-corrected chi connectivity index (χ1v) is 4.51. The summed E-state index contributed by atoms with van der Waals surface area (Å²) in [5.74, 6) is 0.387. The van der Waals surface area contributed by atoms with Crippen LogP contribution in [-0.2, 0) is 0 Å². The Morgan fingerprint density at radius 3 is 2.08 bits per heavy atom. The van der Waals surface area contributed by atoms with E-state index < -0.39 is 0 Å². The average molecular weight is 172 g/mol. The van der Waals surface area contributed by atoms with E-state index in [1.54, 1.807) is 0 Å². The number of hydrogen-bond acceptors (Lipinski definition) is 3. The zero-order valence-electron chi connectivity index (χ0n) is 8.46. The molecule has 0 aromatic rings. The van der Waals surface area contributed by atoms with E-state index in [0.717, 1.165) is 6.42 Å². The van der Waals surface area contributed by atoms with Gasteiger partial charge in [0.2, 0.25) is 0 Å². The van der Waals surface area contributed by atoms with Crippen molar-refractivity contribution in [3.05, 3.63) is 0 Å². The lowest BCUT2D eigenvalue weighted by atomic mass is 9.87. The molecule has 72 valence electrons. The predicted octanol–water partition coefficient (Wildman–Crippen LogP) is 1.21. The van der Waals surface area contributed by atoms with Gasteiger partial charge in [-0.1, -0.05) is 0 Å². The van der Waals surface area contributed by atoms with Gasteiger partial charge in [0.1, 0.15) is 0 Å². The van der Waals surface area contributed by atoms with Crippen molar-refractivity contribution >= 4 is 0 Å². The molecular weight excluding hydrogens is 152 g/mol. The van der Waals surface area contributed by atoms with Gasteiger partial charge in [-0.05, 0) is 46.6 Å². The maximum absolute atomic E-state index is 9.86. The van der Waals surface area contributed by atoms with Crippen LogP contribution in [0.3, 0.4) is 0 Å². The molecule has 1 aliphatic rings. The third-order valence-electron chi connectivity index (χ3n) is 3.15. The molecule has 3 heteroatoms. The SMILES string of the molecule is CC1(C)CC(CN)C(C)(C)N1O. The van der Waals surface area contributed by atoms with Gasteiger partial charge in [-0.2, -0.15) is 5.06 Å². The normalized spacial score (nSPS) is 34.0. The summed E-state index contributed by atoms with van der Waals surface area (Å²) in [6.45, 7) is 8.82. The first-order valence-electron chi connectivity index (χ1n) is 4.51. The van der Waals surface area contributed by atoms with Gasteiger partial charge in [-0.3, -0.25) is 0 Å². The van der Waals surface area contributed by atoms with E-state index in [0.29, 0.717) is 12.5 Å². The van der Waals surface area contributed by atoms with Crippen molar-refractivity contribution in [2.24, 2.45) is 11.7 Å². The second kappa shape index (κ2) is 2.69. The van der Waals surface area contributed by atoms with Gasteiger partial charge in [0.15, 0.2) is 0 Å². The van der Waals surface area contributed by atoms with E-state index in [-0.39, 0.29) is 11.1 Å². The number of nitrogens with zero attached hydrogens (tertiary/aromatic N) is 1. The third kappa shape index (κ3) is 1.26. The average Bonchev–Trinajstić information content (AvgIpc) is 2.11. The number of hydrogen-bond donors (Lipinski definition) is 2. The minimum Gasteiger partial charge on any atom is -0.330 e. The first-order chi connectivity index (χ1) is 5.32. The highest BCUT2D eigenvalue weighted by atomic mass is 16.5. The molecule has 0 bridgehead atoms. The van der Waals surface area contributed by atoms with E-state index in [1.165, 1.54) is 5.06 Å². The molecule has 3 N–H and O–H groups in total. The molecule has 0 spiro atoms. The summed E-state index contributed by atoms with van der Waals surface area (Å²) >= 11 is 0. The molecule has 1 heterocycles. The van der Waals surface area contributed by atoms with Crippen LogP contribution >= 0.6 is 0 Å². The molecule has 1 saturated heterocycles. The molecule has 0 saturated carbocycles. The Balaban J connectivity index is 2.88. The number of rotatable bonds is 1. The van der Waals surface area contributed by atoms with Crippen molar-refractivity contribution in [1.29, 1.82) is 0 Å². The van der Waals surface area contributed by atoms with Gasteiger partial charge < -0.3 is 10.9 Å². The smallest absolute Gasteiger partial charge is 0.0451 e. The minimum absolute atomic E-state index is 0.131. The van der Waals surface area contributed by atoms with E-state index in [4.69, 9.17) is 5.73 Å². The van der Waals surface area contributed by atoms with Crippen LogP contribution in [0.2, 0.25) is 0 Å². The lowest BCUT2D eigenvalue weighted by molar-refractivity contribution is -0.196. The van der Waals surface area contributed by atoms with Gasteiger partial charge in [-0.25, -0.2) is 0 Å². The van der Waals surface area contributed by atoms with Crippen molar-refractivity contribution in [1.82, 2.24) is 5.06 Å². The fourth-order valence-corrected chi connectivity index (χ4v) is 2.26. The van der Waals surface area contributed by atoms with Crippen LogP contribution in [0.15, 0.2) is 0 Å². The third-order valence-corrected chi connectivity index (χ3v) is 3.15. The molecule has 1 fully saturated rings. The highest BCUT2D eigenvalue weighted by molar-refractivity contribution is 5.01. The second-order valence-electron chi connectivity index (χ2n) is 4.91. The largest absolute Gasteiger partial charge is 0.330 e. The Morgan fingerprint density at radius 2 is 1.92 bits per heavy atom. The van der Waals surface area contributed by atoms with Crippen LogP contribution in [0.25, 0.3) is 0 Å². The highest BCUT2D eigenvalue weighted by Gasteiger charge is 2.50. The van der Waals surface area contributed by atoms with E-state index in [2.05, 4.69) is 0 Å². The van der Waals surface area contributed by atoms with Crippen LogP contribution in [0.1, 0.15) is 34.1 Å². The lowest BCUT2D eigenvalue weighted by Crippen LogP contribution is -2.48. The zero-order valence-corrected chi connectivity index (χ0v) is 8.46. The Morgan fingerprint density at radius 1 is 1.42 bits per heavy atom. The Kier molecular flexibility index (Phi) is 2.23. The van der Waals surface area contributed by atoms with E-state index in [9.17, 15) is 5.21 Å². The molecular formula is C9H20N2O. The Bertz CT molecular complexity index is 177. The molecule has 0 aromatic carbocycles. The number of nitrogens with two attached hydrogens (primary N) is 1. The lowest BCUT2D eigenvalue weighted by Gasteiger charge is -2.35. The van der Waals surface area contributed by atoms with Crippen molar-refractivity contribution < 1.29 is 5.21 Å². The molecule has 1 aliphatic heterocycles. The van der Waals surface area contributed by atoms with Crippen molar-refractivity contribution in [2.75, 3.05) is 6.54 Å². The summed E-state index contributed by atoms with van der Waals surface area (Å²) in [6, 6.07) is 0. The van der Waals surface area contributed by atoms with Crippen LogP contribution in [0, 0.1) is 5.92 Å². The van der Waals surface area contributed by atoms with Crippen LogP contribution in [0.4, 0.5) is 0 Å². The summed E-state index contributed by atoms with van der Waals surface area (Å²) in [4.78, 5) is 0. The minimum atomic E-state index is -0.182. The van der Waals surface area contributed by atoms with Crippen LogP contribution in [0.5, 0.6) is 0 Å². The fraction of sp³-hybridized carbons (Fsp3) is 1.00. The first kappa shape index (κ1) is 9.96. The van der Waals surface area contributed by atoms with Gasteiger partial charge in [0, 0.05) is 11.1 Å². The van der Waals surface area contributed by atoms with Gasteiger partial charge >= 0.3 is 0 Å². The van der Waals surface area contributed by atoms with Crippen molar-refractivity contribution in [2.45, 2.75) is 45.2 Å². The molecule has 12 heavy (non-hydrogen) atoms. The van der Waals surface area contributed by atoms with Gasteiger partial charge in [0.25, 0.3) is 0 Å². The molecule has 3 nitrogen and oxygen atoms in total. The topological polar surface area (TPSA) is 49.5 Å². The molecule has 0 aromatic heterocycles. The summed E-state index contributed by atoms with van der Waals surface area (Å²) in [6.07, 6.45) is 0.965. The van der Waals surface area contributed by atoms with E-state index in [1.807, 2.05) is 27.7 Å². The highest BCUT2D eigenvalue weighted by Crippen LogP contribution is 2.42. The molecule has 0 amide bonds. The molecule has 1 rings (SSSR count). The second-order valence-corrected chi connectivity index (χ2v) is 4.91. The molecule has 0 aliphatic carbocycles. The number of hydroxylamine groups is 2. The summed E-state index contributed by atoms with van der Waals surface area (Å²) < 4.78 is 0. The molecule has 1 atom stereocenters. The maximum atomic E-state index is 9.86. The molecule has 0 radical (unpaired) electrons. The van der Waals surface area contributed by atoms with Crippen molar-refractivity contribution in [3.8, 4) is 0 Å². The standard InChI is InChI=1S/C9H20N2O/c1-8(2)5-7(6-10)9(3,4)11(8)12/h7,12H,5-6,10H2,1-4H3. The quantitative estimate of drug-likeness (QED) is 0.625. The zero-order chi connectivity index (χ0) is 9.57. The summed E-state index contributed by atoms with van der Waals surface area (Å²) in [5, 5.41) is 11.3. The van der Waals surface area contributed by atoms with Crippen molar-refractivity contribution in [3.63, 3.8) is 0 Å². The summed E-state index contributed by atoms with van der Waals surface area (Å²) in [5.41, 5.74) is 5.34.